The van der Waals surface area contributed by atoms with Gasteiger partial charge in [0, 0.05) is 11.1 Å². The SMILES string of the molecule is CC.OOc1ccc(Cl)cc1OC[C@H]1CO1. The first-order valence-corrected chi connectivity index (χ1v) is 5.53. The quantitative estimate of drug-likeness (QED) is 0.504. The van der Waals surface area contributed by atoms with E-state index in [1.54, 1.807) is 12.1 Å². The molecule has 0 aliphatic carbocycles. The van der Waals surface area contributed by atoms with Gasteiger partial charge in [-0.25, -0.2) is 5.26 Å². The van der Waals surface area contributed by atoms with Crippen molar-refractivity contribution in [2.45, 2.75) is 20.0 Å². The number of ether oxygens (including phenoxy) is 2. The van der Waals surface area contributed by atoms with Crippen LogP contribution in [0.2, 0.25) is 5.02 Å². The fourth-order valence-corrected chi connectivity index (χ4v) is 1.18. The van der Waals surface area contributed by atoms with E-state index in [-0.39, 0.29) is 11.9 Å². The highest BCUT2D eigenvalue weighted by molar-refractivity contribution is 6.30. The monoisotopic (exact) mass is 246 g/mol. The summed E-state index contributed by atoms with van der Waals surface area (Å²) in [7, 11) is 0. The molecule has 0 spiro atoms. The lowest BCUT2D eigenvalue weighted by Crippen LogP contribution is -2.05. The average Bonchev–Trinajstić information content (AvgIpc) is 3.13. The topological polar surface area (TPSA) is 51.2 Å². The molecule has 1 fully saturated rings. The Morgan fingerprint density at radius 3 is 2.69 bits per heavy atom. The van der Waals surface area contributed by atoms with Gasteiger partial charge in [0.1, 0.15) is 12.7 Å². The summed E-state index contributed by atoms with van der Waals surface area (Å²) in [6.45, 7) is 5.16. The first-order valence-electron chi connectivity index (χ1n) is 5.15. The molecule has 5 heteroatoms. The minimum absolute atomic E-state index is 0.153. The zero-order chi connectivity index (χ0) is 12.0. The predicted molar refractivity (Wildman–Crippen MR) is 61.3 cm³/mol. The molecule has 0 amide bonds. The Bertz CT molecular complexity index is 326. The van der Waals surface area contributed by atoms with E-state index < -0.39 is 0 Å². The maximum Gasteiger partial charge on any atom is 0.206 e. The minimum Gasteiger partial charge on any atom is -0.487 e. The summed E-state index contributed by atoms with van der Waals surface area (Å²) in [5, 5.41) is 9.06. The van der Waals surface area contributed by atoms with Crippen LogP contribution >= 0.6 is 11.6 Å². The lowest BCUT2D eigenvalue weighted by atomic mass is 10.3. The van der Waals surface area contributed by atoms with Gasteiger partial charge in [0.25, 0.3) is 0 Å². The Kier molecular flexibility index (Phi) is 5.38. The van der Waals surface area contributed by atoms with Gasteiger partial charge < -0.3 is 14.4 Å². The molecule has 0 radical (unpaired) electrons. The van der Waals surface area contributed by atoms with Crippen LogP contribution < -0.4 is 9.62 Å². The summed E-state index contributed by atoms with van der Waals surface area (Å²) >= 11 is 5.76. The van der Waals surface area contributed by atoms with E-state index in [0.717, 1.165) is 6.61 Å². The van der Waals surface area contributed by atoms with E-state index in [2.05, 4.69) is 4.89 Å². The summed E-state index contributed by atoms with van der Waals surface area (Å²) in [4.78, 5) is 4.13. The number of epoxide rings is 1. The van der Waals surface area contributed by atoms with Crippen LogP contribution in [0.4, 0.5) is 0 Å². The van der Waals surface area contributed by atoms with Gasteiger partial charge in [0.15, 0.2) is 5.75 Å². The second-order valence-corrected chi connectivity index (χ2v) is 3.39. The second-order valence-electron chi connectivity index (χ2n) is 2.95. The van der Waals surface area contributed by atoms with Gasteiger partial charge in [-0.3, -0.25) is 0 Å². The third kappa shape index (κ3) is 3.89. The molecule has 1 N–H and O–H groups in total. The molecule has 1 aliphatic rings. The molecule has 1 atom stereocenters. The van der Waals surface area contributed by atoms with Crippen molar-refractivity contribution in [1.29, 1.82) is 0 Å². The Hall–Kier alpha value is -0.970. The number of hydrogen-bond donors (Lipinski definition) is 1. The van der Waals surface area contributed by atoms with Gasteiger partial charge in [0.2, 0.25) is 5.75 Å². The molecule has 0 saturated carbocycles. The van der Waals surface area contributed by atoms with Crippen LogP contribution in [0, 0.1) is 0 Å². The van der Waals surface area contributed by atoms with Crippen molar-refractivity contribution in [2.75, 3.05) is 13.2 Å². The first kappa shape index (κ1) is 13.1. The fraction of sp³-hybridized carbons (Fsp3) is 0.455. The molecule has 90 valence electrons. The number of rotatable bonds is 4. The highest BCUT2D eigenvalue weighted by Crippen LogP contribution is 2.30. The number of benzene rings is 1. The van der Waals surface area contributed by atoms with Crippen LogP contribution in [0.1, 0.15) is 13.8 Å². The van der Waals surface area contributed by atoms with E-state index in [0.29, 0.717) is 17.4 Å². The molecule has 0 aromatic heterocycles. The van der Waals surface area contributed by atoms with Gasteiger partial charge in [-0.05, 0) is 12.1 Å². The fourth-order valence-electron chi connectivity index (χ4n) is 1.02. The summed E-state index contributed by atoms with van der Waals surface area (Å²) in [6.07, 6.45) is 0.153. The van der Waals surface area contributed by atoms with Crippen LogP contribution in [0.15, 0.2) is 18.2 Å². The van der Waals surface area contributed by atoms with Crippen LogP contribution in [-0.2, 0) is 4.74 Å². The minimum atomic E-state index is 0.153. The second kappa shape index (κ2) is 6.58. The predicted octanol–water partition coefficient (Wildman–Crippen LogP) is 3.00. The molecule has 0 bridgehead atoms. The Labute approximate surface area is 99.6 Å². The normalized spacial score (nSPS) is 17.1. The van der Waals surface area contributed by atoms with Crippen LogP contribution in [0.25, 0.3) is 0 Å². The first-order chi connectivity index (χ1) is 7.79. The third-order valence-corrected chi connectivity index (χ3v) is 2.07. The van der Waals surface area contributed by atoms with E-state index in [1.807, 2.05) is 13.8 Å². The third-order valence-electron chi connectivity index (χ3n) is 1.83. The molecule has 0 unspecified atom stereocenters. The molecule has 1 saturated heterocycles. The molecular weight excluding hydrogens is 232 g/mol. The van der Waals surface area contributed by atoms with E-state index in [1.165, 1.54) is 6.07 Å². The summed E-state index contributed by atoms with van der Waals surface area (Å²) < 4.78 is 10.3. The highest BCUT2D eigenvalue weighted by atomic mass is 35.5. The smallest absolute Gasteiger partial charge is 0.206 e. The van der Waals surface area contributed by atoms with Crippen molar-refractivity contribution >= 4 is 11.6 Å². The average molecular weight is 247 g/mol. The maximum atomic E-state index is 8.54. The van der Waals surface area contributed by atoms with Crippen molar-refractivity contribution in [1.82, 2.24) is 0 Å². The molecule has 1 aliphatic heterocycles. The van der Waals surface area contributed by atoms with Crippen LogP contribution in [-0.4, -0.2) is 24.6 Å². The lowest BCUT2D eigenvalue weighted by Gasteiger charge is -2.07. The lowest BCUT2D eigenvalue weighted by molar-refractivity contribution is -0.139. The van der Waals surface area contributed by atoms with Gasteiger partial charge in [-0.1, -0.05) is 25.4 Å². The number of hydrogen-bond acceptors (Lipinski definition) is 4. The molecule has 16 heavy (non-hydrogen) atoms. The standard InChI is InChI=1S/C9H9ClO4.C2H6/c10-6-1-2-8(14-11)9(3-6)13-5-7-4-12-7;1-2/h1-3,7,11H,4-5H2;1-2H3/t7-;/m1./s1. The Morgan fingerprint density at radius 1 is 1.44 bits per heavy atom. The van der Waals surface area contributed by atoms with E-state index in [9.17, 15) is 0 Å². The molecule has 1 heterocycles. The summed E-state index contributed by atoms with van der Waals surface area (Å²) in [5.74, 6) is 0.658. The van der Waals surface area contributed by atoms with Crippen molar-refractivity contribution in [2.24, 2.45) is 0 Å². The van der Waals surface area contributed by atoms with Gasteiger partial charge in [-0.15, -0.1) is 0 Å². The molecule has 1 aromatic carbocycles. The summed E-state index contributed by atoms with van der Waals surface area (Å²) in [5.41, 5.74) is 0. The van der Waals surface area contributed by atoms with Gasteiger partial charge in [0.05, 0.1) is 6.61 Å². The van der Waals surface area contributed by atoms with E-state index >= 15 is 0 Å². The van der Waals surface area contributed by atoms with Gasteiger partial charge in [-0.2, -0.15) is 0 Å². The molecule has 4 nitrogen and oxygen atoms in total. The van der Waals surface area contributed by atoms with Crippen LogP contribution in [0.3, 0.4) is 0 Å². The largest absolute Gasteiger partial charge is 0.487 e. The van der Waals surface area contributed by atoms with E-state index in [4.69, 9.17) is 26.3 Å². The highest BCUT2D eigenvalue weighted by Gasteiger charge is 2.23. The molecule has 2 rings (SSSR count). The summed E-state index contributed by atoms with van der Waals surface area (Å²) in [6, 6.07) is 4.72. The van der Waals surface area contributed by atoms with Crippen molar-refractivity contribution in [3.63, 3.8) is 0 Å². The zero-order valence-electron chi connectivity index (χ0n) is 9.27. The van der Waals surface area contributed by atoms with Crippen LogP contribution in [0.5, 0.6) is 11.5 Å². The van der Waals surface area contributed by atoms with Gasteiger partial charge >= 0.3 is 0 Å². The molecule has 1 aromatic rings. The Balaban J connectivity index is 0.000000606. The molecular formula is C11H15ClO4. The Morgan fingerprint density at radius 2 is 2.12 bits per heavy atom. The van der Waals surface area contributed by atoms with Crippen molar-refractivity contribution in [3.05, 3.63) is 23.2 Å². The maximum absolute atomic E-state index is 8.54. The number of halogens is 1. The van der Waals surface area contributed by atoms with Crippen molar-refractivity contribution < 1.29 is 19.6 Å². The van der Waals surface area contributed by atoms with Crippen molar-refractivity contribution in [3.8, 4) is 11.5 Å². The zero-order valence-corrected chi connectivity index (χ0v) is 10.0.